The number of para-hydroxylation sites is 1. The number of hydrogen-bond acceptors (Lipinski definition) is 3. The van der Waals surface area contributed by atoms with E-state index < -0.39 is 0 Å². The molecule has 122 valence electrons. The van der Waals surface area contributed by atoms with Gasteiger partial charge in [0.2, 0.25) is 5.91 Å². The lowest BCUT2D eigenvalue weighted by Gasteiger charge is -2.27. The molecule has 0 fully saturated rings. The molecule has 0 bridgehead atoms. The maximum absolute atomic E-state index is 12.8. The number of carbonyl (C=O) groups excluding carboxylic acids is 2. The highest BCUT2D eigenvalue weighted by molar-refractivity contribution is 5.98. The van der Waals surface area contributed by atoms with E-state index in [1.54, 1.807) is 4.90 Å². The standard InChI is InChI=1S/C17H17N5O2/c1-11(23)18-16-9-13-10-21(6-7-22(13)20-16)17(24)15-8-12-4-2-3-5-14(12)19-15/h2-5,8-9,19H,6-7,10H2,1H3,(H,18,20,23). The molecule has 0 atom stereocenters. The van der Waals surface area contributed by atoms with E-state index >= 15 is 0 Å². The Labute approximate surface area is 138 Å². The van der Waals surface area contributed by atoms with Crippen LogP contribution in [0.2, 0.25) is 0 Å². The minimum atomic E-state index is -0.156. The minimum Gasteiger partial charge on any atom is -0.351 e. The predicted molar refractivity (Wildman–Crippen MR) is 89.6 cm³/mol. The van der Waals surface area contributed by atoms with Gasteiger partial charge >= 0.3 is 0 Å². The summed E-state index contributed by atoms with van der Waals surface area (Å²) in [5.41, 5.74) is 2.46. The quantitative estimate of drug-likeness (QED) is 0.756. The summed E-state index contributed by atoms with van der Waals surface area (Å²) in [5.74, 6) is 0.341. The fourth-order valence-electron chi connectivity index (χ4n) is 3.04. The molecule has 2 amide bonds. The average molecular weight is 323 g/mol. The van der Waals surface area contributed by atoms with Gasteiger partial charge in [0, 0.05) is 30.4 Å². The van der Waals surface area contributed by atoms with Gasteiger partial charge in [0.15, 0.2) is 5.82 Å². The average Bonchev–Trinajstić information content (AvgIpc) is 3.15. The molecular formula is C17H17N5O2. The number of amides is 2. The summed E-state index contributed by atoms with van der Waals surface area (Å²) in [6.45, 7) is 3.12. The fraction of sp³-hybridized carbons (Fsp3) is 0.235. The van der Waals surface area contributed by atoms with Crippen molar-refractivity contribution in [1.82, 2.24) is 19.7 Å². The lowest BCUT2D eigenvalue weighted by molar-refractivity contribution is -0.114. The van der Waals surface area contributed by atoms with E-state index in [2.05, 4.69) is 15.4 Å². The fourth-order valence-corrected chi connectivity index (χ4v) is 3.04. The van der Waals surface area contributed by atoms with Crippen LogP contribution in [0.25, 0.3) is 10.9 Å². The molecule has 7 nitrogen and oxygen atoms in total. The number of fused-ring (bicyclic) bond motifs is 2. The summed E-state index contributed by atoms with van der Waals surface area (Å²) in [6.07, 6.45) is 0. The Morgan fingerprint density at radius 3 is 2.83 bits per heavy atom. The van der Waals surface area contributed by atoms with E-state index in [4.69, 9.17) is 0 Å². The van der Waals surface area contributed by atoms with Crippen LogP contribution >= 0.6 is 0 Å². The molecule has 3 heterocycles. The summed E-state index contributed by atoms with van der Waals surface area (Å²) < 4.78 is 1.83. The second-order valence-corrected chi connectivity index (χ2v) is 5.92. The highest BCUT2D eigenvalue weighted by atomic mass is 16.2. The number of anilines is 1. The number of rotatable bonds is 2. The summed E-state index contributed by atoms with van der Waals surface area (Å²) in [7, 11) is 0. The molecule has 0 unspecified atom stereocenters. The monoisotopic (exact) mass is 323 g/mol. The lowest BCUT2D eigenvalue weighted by Crippen LogP contribution is -2.38. The van der Waals surface area contributed by atoms with Crippen LogP contribution in [0.3, 0.4) is 0 Å². The van der Waals surface area contributed by atoms with Gasteiger partial charge in [0.05, 0.1) is 18.8 Å². The normalized spacial score (nSPS) is 13.8. The van der Waals surface area contributed by atoms with E-state index in [0.717, 1.165) is 16.6 Å². The van der Waals surface area contributed by atoms with Crippen molar-refractivity contribution in [3.05, 3.63) is 47.8 Å². The van der Waals surface area contributed by atoms with E-state index in [1.807, 2.05) is 41.1 Å². The number of benzene rings is 1. The SMILES string of the molecule is CC(=O)Nc1cc2n(n1)CCN(C(=O)c1cc3ccccc3[nH]1)C2. The Bertz CT molecular complexity index is 907. The van der Waals surface area contributed by atoms with Crippen molar-refractivity contribution in [3.8, 4) is 0 Å². The Balaban J connectivity index is 1.56. The molecule has 3 aromatic rings. The highest BCUT2D eigenvalue weighted by Gasteiger charge is 2.24. The molecule has 0 spiro atoms. The van der Waals surface area contributed by atoms with Crippen molar-refractivity contribution in [2.75, 3.05) is 11.9 Å². The van der Waals surface area contributed by atoms with Crippen LogP contribution in [-0.4, -0.2) is 38.0 Å². The third-order valence-electron chi connectivity index (χ3n) is 4.15. The predicted octanol–water partition coefficient (Wildman–Crippen LogP) is 1.98. The molecule has 1 aliphatic heterocycles. The molecule has 0 aliphatic carbocycles. The molecule has 1 aromatic carbocycles. The Kier molecular flexibility index (Phi) is 3.34. The Hall–Kier alpha value is -3.09. The van der Waals surface area contributed by atoms with E-state index in [0.29, 0.717) is 31.1 Å². The van der Waals surface area contributed by atoms with Gasteiger partial charge in [0.25, 0.3) is 5.91 Å². The van der Waals surface area contributed by atoms with Gasteiger partial charge in [-0.25, -0.2) is 0 Å². The second-order valence-electron chi connectivity index (χ2n) is 5.92. The first-order chi connectivity index (χ1) is 11.6. The van der Waals surface area contributed by atoms with Gasteiger partial charge in [-0.3, -0.25) is 14.3 Å². The maximum Gasteiger partial charge on any atom is 0.270 e. The zero-order valence-electron chi connectivity index (χ0n) is 13.2. The lowest BCUT2D eigenvalue weighted by atomic mass is 10.2. The van der Waals surface area contributed by atoms with E-state index in [9.17, 15) is 9.59 Å². The van der Waals surface area contributed by atoms with E-state index in [-0.39, 0.29) is 11.8 Å². The van der Waals surface area contributed by atoms with Gasteiger partial charge in [0.1, 0.15) is 5.69 Å². The molecule has 1 aliphatic rings. The van der Waals surface area contributed by atoms with Crippen molar-refractivity contribution in [3.63, 3.8) is 0 Å². The summed E-state index contributed by atoms with van der Waals surface area (Å²) in [6, 6.07) is 11.5. The van der Waals surface area contributed by atoms with Crippen LogP contribution in [0, 0.1) is 0 Å². The smallest absolute Gasteiger partial charge is 0.270 e. The molecule has 2 N–H and O–H groups in total. The number of H-pyrrole nitrogens is 1. The Morgan fingerprint density at radius 2 is 2.04 bits per heavy atom. The van der Waals surface area contributed by atoms with Crippen molar-refractivity contribution in [2.45, 2.75) is 20.0 Å². The third kappa shape index (κ3) is 2.54. The van der Waals surface area contributed by atoms with Gasteiger partial charge in [-0.1, -0.05) is 18.2 Å². The minimum absolute atomic E-state index is 0.0280. The van der Waals surface area contributed by atoms with Crippen LogP contribution < -0.4 is 5.32 Å². The number of hydrogen-bond donors (Lipinski definition) is 2. The van der Waals surface area contributed by atoms with Crippen LogP contribution in [0.4, 0.5) is 5.82 Å². The molecule has 0 radical (unpaired) electrons. The van der Waals surface area contributed by atoms with Crippen LogP contribution in [-0.2, 0) is 17.9 Å². The third-order valence-corrected chi connectivity index (χ3v) is 4.15. The van der Waals surface area contributed by atoms with Crippen molar-refractivity contribution in [1.29, 1.82) is 0 Å². The van der Waals surface area contributed by atoms with Crippen molar-refractivity contribution in [2.24, 2.45) is 0 Å². The molecule has 4 rings (SSSR count). The summed E-state index contributed by atoms with van der Waals surface area (Å²) in [5, 5.41) is 8.03. The molecule has 24 heavy (non-hydrogen) atoms. The zero-order valence-corrected chi connectivity index (χ0v) is 13.2. The van der Waals surface area contributed by atoms with Crippen molar-refractivity contribution >= 4 is 28.5 Å². The molecule has 0 saturated carbocycles. The van der Waals surface area contributed by atoms with Crippen LogP contribution in [0.15, 0.2) is 36.4 Å². The first-order valence-corrected chi connectivity index (χ1v) is 7.81. The number of nitrogens with one attached hydrogen (secondary N) is 2. The number of aromatic amines is 1. The highest BCUT2D eigenvalue weighted by Crippen LogP contribution is 2.20. The number of carbonyl (C=O) groups is 2. The van der Waals surface area contributed by atoms with E-state index in [1.165, 1.54) is 6.92 Å². The van der Waals surface area contributed by atoms with Crippen LogP contribution in [0.1, 0.15) is 23.1 Å². The maximum atomic E-state index is 12.8. The molecule has 2 aromatic heterocycles. The first-order valence-electron chi connectivity index (χ1n) is 7.81. The van der Waals surface area contributed by atoms with Crippen LogP contribution in [0.5, 0.6) is 0 Å². The molecule has 0 saturated heterocycles. The summed E-state index contributed by atoms with van der Waals surface area (Å²) >= 11 is 0. The van der Waals surface area contributed by atoms with Gasteiger partial charge in [-0.05, 0) is 12.1 Å². The molecule has 7 heteroatoms. The zero-order chi connectivity index (χ0) is 16.7. The largest absolute Gasteiger partial charge is 0.351 e. The Morgan fingerprint density at radius 1 is 1.21 bits per heavy atom. The summed E-state index contributed by atoms with van der Waals surface area (Å²) in [4.78, 5) is 28.9. The van der Waals surface area contributed by atoms with Gasteiger partial charge in [-0.2, -0.15) is 5.10 Å². The first kappa shape index (κ1) is 14.5. The van der Waals surface area contributed by atoms with Gasteiger partial charge < -0.3 is 15.2 Å². The molecular weight excluding hydrogens is 306 g/mol. The van der Waals surface area contributed by atoms with Crippen molar-refractivity contribution < 1.29 is 9.59 Å². The topological polar surface area (TPSA) is 83.0 Å². The number of nitrogens with zero attached hydrogens (tertiary/aromatic N) is 3. The second kappa shape index (κ2) is 5.52. The van der Waals surface area contributed by atoms with Gasteiger partial charge in [-0.15, -0.1) is 0 Å². The number of aromatic nitrogens is 3.